The molecular formula is C32H41N3O6S. The van der Waals surface area contributed by atoms with Crippen LogP contribution in [0.2, 0.25) is 0 Å². The van der Waals surface area contributed by atoms with Gasteiger partial charge in [-0.2, -0.15) is 0 Å². The van der Waals surface area contributed by atoms with Gasteiger partial charge in [0, 0.05) is 19.2 Å². The second kappa shape index (κ2) is 14.7. The standard InChI is InChI=1S/C32H41N3O6S/c1-7-28(32(37)33-20-23(2)3)34(21-25-13-11-12-24(4)18-25)31(36)22-35(42(38,39)27-14-9-8-10-15-27)29-19-26(40-5)16-17-30(29)41-6/h8-19,23,28H,7,20-22H2,1-6H3,(H,33,37)/t28-/m1/s1. The third kappa shape index (κ3) is 8.03. The molecule has 3 aromatic rings. The number of carbonyl (C=O) groups is 2. The first-order chi connectivity index (χ1) is 20.0. The maximum Gasteiger partial charge on any atom is 0.264 e. The van der Waals surface area contributed by atoms with Gasteiger partial charge in [0.25, 0.3) is 10.0 Å². The topological polar surface area (TPSA) is 105 Å². The molecule has 3 aromatic carbocycles. The largest absolute Gasteiger partial charge is 0.497 e. The second-order valence-electron chi connectivity index (χ2n) is 10.4. The van der Waals surface area contributed by atoms with Crippen molar-refractivity contribution >= 4 is 27.5 Å². The Labute approximate surface area is 249 Å². The van der Waals surface area contributed by atoms with E-state index in [1.165, 1.54) is 37.3 Å². The molecule has 226 valence electrons. The summed E-state index contributed by atoms with van der Waals surface area (Å²) in [6.45, 7) is 7.78. The summed E-state index contributed by atoms with van der Waals surface area (Å²) in [6.07, 6.45) is 0.343. The molecule has 0 saturated heterocycles. The molecule has 9 nitrogen and oxygen atoms in total. The van der Waals surface area contributed by atoms with Gasteiger partial charge in [-0.05, 0) is 49.1 Å². The molecule has 0 fully saturated rings. The highest BCUT2D eigenvalue weighted by Gasteiger charge is 2.35. The number of aryl methyl sites for hydroxylation is 1. The minimum absolute atomic E-state index is 0.00891. The zero-order valence-electron chi connectivity index (χ0n) is 25.2. The van der Waals surface area contributed by atoms with Gasteiger partial charge in [-0.25, -0.2) is 8.42 Å². The monoisotopic (exact) mass is 595 g/mol. The van der Waals surface area contributed by atoms with E-state index in [0.717, 1.165) is 15.4 Å². The lowest BCUT2D eigenvalue weighted by molar-refractivity contribution is -0.140. The minimum Gasteiger partial charge on any atom is -0.497 e. The number of carbonyl (C=O) groups excluding carboxylic acids is 2. The van der Waals surface area contributed by atoms with Crippen LogP contribution < -0.4 is 19.1 Å². The molecule has 0 unspecified atom stereocenters. The molecule has 1 N–H and O–H groups in total. The van der Waals surface area contributed by atoms with E-state index in [1.54, 1.807) is 30.3 Å². The Hall–Kier alpha value is -4.05. The number of hydrogen-bond donors (Lipinski definition) is 1. The molecule has 0 saturated carbocycles. The van der Waals surface area contributed by atoms with E-state index in [1.807, 2.05) is 52.0 Å². The zero-order valence-corrected chi connectivity index (χ0v) is 26.0. The third-order valence-electron chi connectivity index (χ3n) is 6.77. The summed E-state index contributed by atoms with van der Waals surface area (Å²) in [6, 6.07) is 19.5. The predicted molar refractivity (Wildman–Crippen MR) is 164 cm³/mol. The zero-order chi connectivity index (χ0) is 30.9. The number of methoxy groups -OCH3 is 2. The van der Waals surface area contributed by atoms with E-state index in [-0.39, 0.29) is 34.7 Å². The van der Waals surface area contributed by atoms with Crippen molar-refractivity contribution in [3.05, 3.63) is 83.9 Å². The summed E-state index contributed by atoms with van der Waals surface area (Å²) in [5, 5.41) is 2.94. The first-order valence-electron chi connectivity index (χ1n) is 13.9. The van der Waals surface area contributed by atoms with Crippen molar-refractivity contribution in [2.75, 3.05) is 31.6 Å². The van der Waals surface area contributed by atoms with Crippen LogP contribution in [-0.4, -0.2) is 58.5 Å². The fourth-order valence-electron chi connectivity index (χ4n) is 4.57. The molecule has 1 atom stereocenters. The highest BCUT2D eigenvalue weighted by atomic mass is 32.2. The van der Waals surface area contributed by atoms with Gasteiger partial charge >= 0.3 is 0 Å². The fraction of sp³-hybridized carbons (Fsp3) is 0.375. The van der Waals surface area contributed by atoms with Crippen LogP contribution in [0.15, 0.2) is 77.7 Å². The van der Waals surface area contributed by atoms with Gasteiger partial charge in [0.2, 0.25) is 11.8 Å². The quantitative estimate of drug-likeness (QED) is 0.288. The summed E-state index contributed by atoms with van der Waals surface area (Å²) < 4.78 is 40.1. The van der Waals surface area contributed by atoms with Crippen molar-refractivity contribution in [1.29, 1.82) is 0 Å². The Kier molecular flexibility index (Phi) is 11.4. The average Bonchev–Trinajstić information content (AvgIpc) is 2.98. The molecule has 2 amide bonds. The number of benzene rings is 3. The maximum absolute atomic E-state index is 14.3. The smallest absolute Gasteiger partial charge is 0.264 e. The lowest BCUT2D eigenvalue weighted by Gasteiger charge is -2.33. The number of nitrogens with zero attached hydrogens (tertiary/aromatic N) is 2. The van der Waals surface area contributed by atoms with E-state index < -0.39 is 28.5 Å². The number of ether oxygens (including phenoxy) is 2. The molecule has 0 aliphatic heterocycles. The van der Waals surface area contributed by atoms with Crippen molar-refractivity contribution in [3.63, 3.8) is 0 Å². The van der Waals surface area contributed by atoms with E-state index in [4.69, 9.17) is 9.47 Å². The van der Waals surface area contributed by atoms with E-state index >= 15 is 0 Å². The number of anilines is 1. The molecule has 42 heavy (non-hydrogen) atoms. The third-order valence-corrected chi connectivity index (χ3v) is 8.54. The second-order valence-corrected chi connectivity index (χ2v) is 12.3. The minimum atomic E-state index is -4.24. The van der Waals surface area contributed by atoms with E-state index in [0.29, 0.717) is 18.7 Å². The number of hydrogen-bond acceptors (Lipinski definition) is 6. The maximum atomic E-state index is 14.3. The van der Waals surface area contributed by atoms with Crippen molar-refractivity contribution in [1.82, 2.24) is 10.2 Å². The van der Waals surface area contributed by atoms with Gasteiger partial charge in [0.1, 0.15) is 24.1 Å². The molecule has 0 aliphatic rings. The van der Waals surface area contributed by atoms with Crippen LogP contribution in [0, 0.1) is 12.8 Å². The van der Waals surface area contributed by atoms with Gasteiger partial charge in [0.15, 0.2) is 0 Å². The molecule has 10 heteroatoms. The number of sulfonamides is 1. The number of rotatable bonds is 14. The number of amides is 2. The van der Waals surface area contributed by atoms with Crippen molar-refractivity contribution in [3.8, 4) is 11.5 Å². The molecule has 3 rings (SSSR count). The van der Waals surface area contributed by atoms with Gasteiger partial charge in [0.05, 0.1) is 24.8 Å². The lowest BCUT2D eigenvalue weighted by Crippen LogP contribution is -2.52. The van der Waals surface area contributed by atoms with Crippen LogP contribution in [0.4, 0.5) is 5.69 Å². The Balaban J connectivity index is 2.12. The summed E-state index contributed by atoms with van der Waals surface area (Å²) in [5.74, 6) is 0.0353. The normalized spacial score (nSPS) is 12.0. The molecule has 0 bridgehead atoms. The van der Waals surface area contributed by atoms with Gasteiger partial charge in [-0.15, -0.1) is 0 Å². The van der Waals surface area contributed by atoms with Crippen LogP contribution in [0.3, 0.4) is 0 Å². The number of nitrogens with one attached hydrogen (secondary N) is 1. The van der Waals surface area contributed by atoms with Gasteiger partial charge < -0.3 is 19.7 Å². The van der Waals surface area contributed by atoms with Gasteiger partial charge in [-0.1, -0.05) is 68.8 Å². The van der Waals surface area contributed by atoms with Crippen LogP contribution in [0.5, 0.6) is 11.5 Å². The first-order valence-corrected chi connectivity index (χ1v) is 15.4. The average molecular weight is 596 g/mol. The van der Waals surface area contributed by atoms with E-state index in [2.05, 4.69) is 5.32 Å². The summed E-state index contributed by atoms with van der Waals surface area (Å²) in [4.78, 5) is 29.1. The van der Waals surface area contributed by atoms with Crippen LogP contribution >= 0.6 is 0 Å². The summed E-state index contributed by atoms with van der Waals surface area (Å²) in [7, 11) is -1.35. The fourth-order valence-corrected chi connectivity index (χ4v) is 6.01. The highest BCUT2D eigenvalue weighted by Crippen LogP contribution is 2.36. The Morgan fingerprint density at radius 3 is 2.24 bits per heavy atom. The highest BCUT2D eigenvalue weighted by molar-refractivity contribution is 7.92. The molecule has 0 spiro atoms. The molecular weight excluding hydrogens is 554 g/mol. The van der Waals surface area contributed by atoms with Crippen LogP contribution in [-0.2, 0) is 26.2 Å². The van der Waals surface area contributed by atoms with Crippen molar-refractivity contribution in [2.45, 2.75) is 51.6 Å². The van der Waals surface area contributed by atoms with Crippen molar-refractivity contribution in [2.24, 2.45) is 5.92 Å². The first kappa shape index (κ1) is 32.5. The van der Waals surface area contributed by atoms with Crippen LogP contribution in [0.1, 0.15) is 38.3 Å². The Bertz CT molecular complexity index is 1460. The van der Waals surface area contributed by atoms with E-state index in [9.17, 15) is 18.0 Å². The molecule has 0 aromatic heterocycles. The Morgan fingerprint density at radius 2 is 1.64 bits per heavy atom. The van der Waals surface area contributed by atoms with Gasteiger partial charge in [-0.3, -0.25) is 13.9 Å². The molecule has 0 radical (unpaired) electrons. The van der Waals surface area contributed by atoms with Crippen LogP contribution in [0.25, 0.3) is 0 Å². The summed E-state index contributed by atoms with van der Waals surface area (Å²) in [5.41, 5.74) is 1.98. The molecule has 0 heterocycles. The molecule has 0 aliphatic carbocycles. The summed E-state index contributed by atoms with van der Waals surface area (Å²) >= 11 is 0. The predicted octanol–water partition coefficient (Wildman–Crippen LogP) is 4.79. The SMILES string of the molecule is CC[C@H](C(=O)NCC(C)C)N(Cc1cccc(C)c1)C(=O)CN(c1cc(OC)ccc1OC)S(=O)(=O)c1ccccc1. The lowest BCUT2D eigenvalue weighted by atomic mass is 10.1. The van der Waals surface area contributed by atoms with Crippen molar-refractivity contribution < 1.29 is 27.5 Å². The Morgan fingerprint density at radius 1 is 0.929 bits per heavy atom.